The van der Waals surface area contributed by atoms with Gasteiger partial charge in [0.2, 0.25) is 0 Å². The van der Waals surface area contributed by atoms with E-state index < -0.39 is 0 Å². The van der Waals surface area contributed by atoms with Gasteiger partial charge < -0.3 is 5.32 Å². The molecule has 1 N–H and O–H groups in total. The van der Waals surface area contributed by atoms with Crippen LogP contribution in [0.3, 0.4) is 0 Å². The van der Waals surface area contributed by atoms with Gasteiger partial charge in [-0.15, -0.1) is 11.8 Å². The third kappa shape index (κ3) is 3.69. The lowest BCUT2D eigenvalue weighted by molar-refractivity contribution is 0.552. The van der Waals surface area contributed by atoms with Crippen molar-refractivity contribution < 1.29 is 0 Å². The van der Waals surface area contributed by atoms with Gasteiger partial charge in [-0.05, 0) is 49.4 Å². The second-order valence-electron chi connectivity index (χ2n) is 5.79. The highest BCUT2D eigenvalue weighted by atomic mass is 32.2. The van der Waals surface area contributed by atoms with Crippen LogP contribution in [0.2, 0.25) is 0 Å². The van der Waals surface area contributed by atoms with Crippen molar-refractivity contribution >= 4 is 11.8 Å². The second kappa shape index (κ2) is 7.15. The summed E-state index contributed by atoms with van der Waals surface area (Å²) in [6, 6.07) is 19.8. The largest absolute Gasteiger partial charge is 0.319 e. The second-order valence-corrected chi connectivity index (χ2v) is 7.14. The van der Waals surface area contributed by atoms with Crippen LogP contribution in [0.1, 0.15) is 29.9 Å². The first-order chi connectivity index (χ1) is 10.4. The molecule has 0 aromatic heterocycles. The maximum absolute atomic E-state index is 3.35. The molecule has 0 saturated heterocycles. The van der Waals surface area contributed by atoms with Crippen LogP contribution in [-0.2, 0) is 6.42 Å². The Bertz CT molecular complexity index is 542. The Labute approximate surface area is 132 Å². The summed E-state index contributed by atoms with van der Waals surface area (Å²) in [4.78, 5) is 1.49. The number of likely N-dealkylation sites (N-methyl/N-ethyl adjacent to an activating group) is 1. The fraction of sp³-hybridized carbons (Fsp3) is 0.368. The number of hydrogen-bond acceptors (Lipinski definition) is 2. The van der Waals surface area contributed by atoms with Gasteiger partial charge in [0.1, 0.15) is 0 Å². The fourth-order valence-electron chi connectivity index (χ4n) is 3.16. The summed E-state index contributed by atoms with van der Waals surface area (Å²) >= 11 is 2.07. The molecule has 2 atom stereocenters. The summed E-state index contributed by atoms with van der Waals surface area (Å²) < 4.78 is 0. The summed E-state index contributed by atoms with van der Waals surface area (Å²) in [6.45, 7) is 1.06. The average Bonchev–Trinajstić information content (AvgIpc) is 2.95. The smallest absolute Gasteiger partial charge is 0.0135 e. The van der Waals surface area contributed by atoms with Crippen LogP contribution in [0.15, 0.2) is 59.5 Å². The van der Waals surface area contributed by atoms with Crippen LogP contribution < -0.4 is 5.32 Å². The zero-order chi connectivity index (χ0) is 14.5. The van der Waals surface area contributed by atoms with E-state index in [9.17, 15) is 0 Å². The van der Waals surface area contributed by atoms with E-state index in [-0.39, 0.29) is 0 Å². The van der Waals surface area contributed by atoms with Crippen molar-refractivity contribution in [2.75, 3.05) is 13.6 Å². The Kier molecular flexibility index (Phi) is 5.00. The first-order valence-electron chi connectivity index (χ1n) is 7.81. The van der Waals surface area contributed by atoms with Gasteiger partial charge in [0.05, 0.1) is 0 Å². The van der Waals surface area contributed by atoms with E-state index in [0.29, 0.717) is 5.92 Å². The van der Waals surface area contributed by atoms with Gasteiger partial charge in [0.15, 0.2) is 0 Å². The molecule has 0 bridgehead atoms. The molecule has 0 saturated carbocycles. The van der Waals surface area contributed by atoms with Crippen molar-refractivity contribution in [3.05, 3.63) is 65.7 Å². The number of benzene rings is 2. The maximum Gasteiger partial charge on any atom is 0.0135 e. The molecule has 110 valence electrons. The molecule has 0 radical (unpaired) electrons. The van der Waals surface area contributed by atoms with Gasteiger partial charge in [0, 0.05) is 16.7 Å². The fourth-order valence-corrected chi connectivity index (χ4v) is 4.50. The number of thioether (sulfide) groups is 1. The molecule has 2 unspecified atom stereocenters. The van der Waals surface area contributed by atoms with E-state index in [0.717, 1.165) is 11.8 Å². The van der Waals surface area contributed by atoms with E-state index >= 15 is 0 Å². The third-order valence-corrected chi connectivity index (χ3v) is 5.66. The van der Waals surface area contributed by atoms with Crippen molar-refractivity contribution in [3.63, 3.8) is 0 Å². The number of nitrogens with one attached hydrogen (secondary N) is 1. The van der Waals surface area contributed by atoms with E-state index in [1.54, 1.807) is 0 Å². The van der Waals surface area contributed by atoms with Gasteiger partial charge in [-0.1, -0.05) is 48.5 Å². The van der Waals surface area contributed by atoms with E-state index in [2.05, 4.69) is 78.7 Å². The predicted octanol–water partition coefficient (Wildman–Crippen LogP) is 4.49. The standard InChI is InChI=1S/C19H23NS/c1-20-14-17(15-7-3-2-4-8-15)11-12-18-13-16-9-5-6-10-19(16)21-18/h2-10,17-18,20H,11-14H2,1H3. The average molecular weight is 297 g/mol. The first kappa shape index (κ1) is 14.7. The Morgan fingerprint density at radius 1 is 1.10 bits per heavy atom. The van der Waals surface area contributed by atoms with Crippen LogP contribution in [-0.4, -0.2) is 18.8 Å². The quantitative estimate of drug-likeness (QED) is 0.843. The van der Waals surface area contributed by atoms with Gasteiger partial charge in [-0.2, -0.15) is 0 Å². The summed E-state index contributed by atoms with van der Waals surface area (Å²) in [7, 11) is 2.05. The number of rotatable bonds is 6. The topological polar surface area (TPSA) is 12.0 Å². The van der Waals surface area contributed by atoms with Crippen LogP contribution in [0.5, 0.6) is 0 Å². The molecule has 21 heavy (non-hydrogen) atoms. The molecule has 1 heterocycles. The third-order valence-electron chi connectivity index (χ3n) is 4.27. The Morgan fingerprint density at radius 3 is 2.62 bits per heavy atom. The van der Waals surface area contributed by atoms with E-state index in [1.165, 1.54) is 35.3 Å². The molecule has 2 aromatic carbocycles. The van der Waals surface area contributed by atoms with Gasteiger partial charge in [0.25, 0.3) is 0 Å². The highest BCUT2D eigenvalue weighted by Gasteiger charge is 2.22. The van der Waals surface area contributed by atoms with Crippen molar-refractivity contribution in [2.24, 2.45) is 0 Å². The molecule has 2 heteroatoms. The van der Waals surface area contributed by atoms with Crippen LogP contribution >= 0.6 is 11.8 Å². The molecule has 2 aromatic rings. The van der Waals surface area contributed by atoms with Crippen LogP contribution in [0.25, 0.3) is 0 Å². The minimum Gasteiger partial charge on any atom is -0.319 e. The van der Waals surface area contributed by atoms with Gasteiger partial charge in [-0.25, -0.2) is 0 Å². The minimum absolute atomic E-state index is 0.625. The van der Waals surface area contributed by atoms with E-state index in [4.69, 9.17) is 0 Å². The summed E-state index contributed by atoms with van der Waals surface area (Å²) in [5, 5.41) is 4.11. The van der Waals surface area contributed by atoms with Gasteiger partial charge >= 0.3 is 0 Å². The van der Waals surface area contributed by atoms with Crippen molar-refractivity contribution in [3.8, 4) is 0 Å². The van der Waals surface area contributed by atoms with E-state index in [1.807, 2.05) is 0 Å². The zero-order valence-corrected chi connectivity index (χ0v) is 13.4. The molecule has 0 aliphatic carbocycles. The molecule has 1 nitrogen and oxygen atoms in total. The summed E-state index contributed by atoms with van der Waals surface area (Å²) in [5.41, 5.74) is 3.00. The highest BCUT2D eigenvalue weighted by Crippen LogP contribution is 2.39. The molecule has 0 spiro atoms. The normalized spacial score (nSPS) is 18.4. The Hall–Kier alpha value is -1.25. The molecule has 0 fully saturated rings. The van der Waals surface area contributed by atoms with Crippen molar-refractivity contribution in [2.45, 2.75) is 35.3 Å². The lowest BCUT2D eigenvalue weighted by Crippen LogP contribution is -2.18. The zero-order valence-electron chi connectivity index (χ0n) is 12.6. The van der Waals surface area contributed by atoms with Crippen molar-refractivity contribution in [1.29, 1.82) is 0 Å². The monoisotopic (exact) mass is 297 g/mol. The number of fused-ring (bicyclic) bond motifs is 1. The first-order valence-corrected chi connectivity index (χ1v) is 8.69. The van der Waals surface area contributed by atoms with Crippen molar-refractivity contribution in [1.82, 2.24) is 5.32 Å². The molecule has 1 aliphatic heterocycles. The molecular weight excluding hydrogens is 274 g/mol. The molecule has 1 aliphatic rings. The Balaban J connectivity index is 1.59. The number of hydrogen-bond donors (Lipinski definition) is 1. The van der Waals surface area contributed by atoms with Crippen LogP contribution in [0, 0.1) is 0 Å². The molecular formula is C19H23NS. The summed E-state index contributed by atoms with van der Waals surface area (Å²) in [5.74, 6) is 0.625. The lowest BCUT2D eigenvalue weighted by atomic mass is 9.92. The minimum atomic E-state index is 0.625. The lowest BCUT2D eigenvalue weighted by Gasteiger charge is -2.19. The maximum atomic E-state index is 3.35. The Morgan fingerprint density at radius 2 is 1.86 bits per heavy atom. The highest BCUT2D eigenvalue weighted by molar-refractivity contribution is 8.00. The van der Waals surface area contributed by atoms with Gasteiger partial charge in [-0.3, -0.25) is 0 Å². The predicted molar refractivity (Wildman–Crippen MR) is 92.1 cm³/mol. The molecule has 0 amide bonds. The summed E-state index contributed by atoms with van der Waals surface area (Å²) in [6.07, 6.45) is 3.79. The molecule has 3 rings (SSSR count). The van der Waals surface area contributed by atoms with Crippen LogP contribution in [0.4, 0.5) is 0 Å². The SMILES string of the molecule is CNCC(CCC1Cc2ccccc2S1)c1ccccc1.